The van der Waals surface area contributed by atoms with E-state index in [9.17, 15) is 5.11 Å². The molecular weight excluding hydrogens is 402 g/mol. The van der Waals surface area contributed by atoms with E-state index in [4.69, 9.17) is 15.2 Å². The Kier molecular flexibility index (Phi) is 6.76. The molecule has 1 aromatic heterocycles. The van der Waals surface area contributed by atoms with Crippen molar-refractivity contribution in [2.45, 2.75) is 43.2 Å². The lowest BCUT2D eigenvalue weighted by Crippen LogP contribution is -2.31. The van der Waals surface area contributed by atoms with Gasteiger partial charge in [0.2, 0.25) is 5.16 Å². The van der Waals surface area contributed by atoms with Gasteiger partial charge in [-0.05, 0) is 27.1 Å². The van der Waals surface area contributed by atoms with Crippen LogP contribution in [0.5, 0.6) is 0 Å². The van der Waals surface area contributed by atoms with Crippen molar-refractivity contribution >= 4 is 11.8 Å². The molecule has 0 spiro atoms. The Morgan fingerprint density at radius 1 is 1.07 bits per heavy atom. The predicted octanol–water partition coefficient (Wildman–Crippen LogP) is 2.50. The smallest absolute Gasteiger partial charge is 0.209 e. The van der Waals surface area contributed by atoms with Crippen LogP contribution in [0.3, 0.4) is 0 Å². The second-order valence-corrected chi connectivity index (χ2v) is 8.18. The predicted molar refractivity (Wildman–Crippen MR) is 112 cm³/mol. The average molecular weight is 428 g/mol. The van der Waals surface area contributed by atoms with Crippen LogP contribution in [-0.4, -0.2) is 37.2 Å². The Bertz CT molecular complexity index is 893. The van der Waals surface area contributed by atoms with Crippen molar-refractivity contribution in [1.29, 1.82) is 0 Å². The third kappa shape index (κ3) is 4.88. The van der Waals surface area contributed by atoms with E-state index in [2.05, 4.69) is 15.5 Å². The molecule has 3 atom stereocenters. The number of nitrogens with zero attached hydrogens (tertiary/aromatic N) is 4. The molecule has 1 saturated heterocycles. The fourth-order valence-corrected chi connectivity index (χ4v) is 4.21. The fraction of sp³-hybridized carbons (Fsp3) is 0.381. The van der Waals surface area contributed by atoms with Crippen LogP contribution in [0.1, 0.15) is 41.1 Å². The van der Waals surface area contributed by atoms with Gasteiger partial charge >= 0.3 is 0 Å². The topological polar surface area (TPSA) is 108 Å². The molecule has 8 nitrogen and oxygen atoms in total. The molecule has 3 unspecified atom stereocenters. The first-order valence-corrected chi connectivity index (χ1v) is 10.8. The first-order valence-electron chi connectivity index (χ1n) is 9.81. The summed E-state index contributed by atoms with van der Waals surface area (Å²) in [5, 5.41) is 21.7. The van der Waals surface area contributed by atoms with Crippen LogP contribution in [0.25, 0.3) is 0 Å². The number of tetrazole rings is 1. The molecule has 0 radical (unpaired) electrons. The van der Waals surface area contributed by atoms with Gasteiger partial charge in [0.1, 0.15) is 0 Å². The molecule has 4 rings (SSSR count). The van der Waals surface area contributed by atoms with E-state index in [1.807, 2.05) is 55.6 Å². The SMILES string of the molecule is Cn1nnnc1SCC1CC(c2ccc(CO)cc2)OC(c2ccc(CN)cc2)O1. The Hall–Kier alpha value is -2.30. The van der Waals surface area contributed by atoms with Gasteiger partial charge in [-0.3, -0.25) is 0 Å². The van der Waals surface area contributed by atoms with Crippen molar-refractivity contribution in [1.82, 2.24) is 20.2 Å². The van der Waals surface area contributed by atoms with E-state index < -0.39 is 6.29 Å². The van der Waals surface area contributed by atoms with Gasteiger partial charge in [0, 0.05) is 31.3 Å². The molecular formula is C21H25N5O3S. The van der Waals surface area contributed by atoms with Crippen molar-refractivity contribution in [3.05, 3.63) is 70.8 Å². The zero-order valence-electron chi connectivity index (χ0n) is 16.7. The van der Waals surface area contributed by atoms with Crippen molar-refractivity contribution in [3.63, 3.8) is 0 Å². The molecule has 0 aliphatic carbocycles. The first-order chi connectivity index (χ1) is 14.7. The van der Waals surface area contributed by atoms with Crippen LogP contribution in [-0.2, 0) is 29.7 Å². The molecule has 3 aromatic rings. The fourth-order valence-electron chi connectivity index (χ4n) is 3.34. The number of aromatic nitrogens is 4. The zero-order chi connectivity index (χ0) is 20.9. The van der Waals surface area contributed by atoms with Gasteiger partial charge in [0.05, 0.1) is 18.8 Å². The van der Waals surface area contributed by atoms with E-state index in [1.54, 1.807) is 16.4 Å². The number of thioether (sulfide) groups is 1. The van der Waals surface area contributed by atoms with Gasteiger partial charge in [-0.2, -0.15) is 0 Å². The second kappa shape index (κ2) is 9.67. The van der Waals surface area contributed by atoms with E-state index >= 15 is 0 Å². The van der Waals surface area contributed by atoms with Crippen LogP contribution in [0.15, 0.2) is 53.7 Å². The number of aryl methyl sites for hydroxylation is 1. The number of hydrogen-bond donors (Lipinski definition) is 2. The summed E-state index contributed by atoms with van der Waals surface area (Å²) in [5.41, 5.74) is 9.68. The van der Waals surface area contributed by atoms with Crippen molar-refractivity contribution < 1.29 is 14.6 Å². The first kappa shape index (κ1) is 21.0. The van der Waals surface area contributed by atoms with Gasteiger partial charge < -0.3 is 20.3 Å². The summed E-state index contributed by atoms with van der Waals surface area (Å²) >= 11 is 1.56. The van der Waals surface area contributed by atoms with Crippen LogP contribution in [0.4, 0.5) is 0 Å². The number of aliphatic hydroxyl groups is 1. The number of benzene rings is 2. The molecule has 1 fully saturated rings. The quantitative estimate of drug-likeness (QED) is 0.554. The summed E-state index contributed by atoms with van der Waals surface area (Å²) in [6.45, 7) is 0.521. The lowest BCUT2D eigenvalue weighted by atomic mass is 10.0. The summed E-state index contributed by atoms with van der Waals surface area (Å²) in [5.74, 6) is 0.709. The maximum absolute atomic E-state index is 9.32. The van der Waals surface area contributed by atoms with Crippen LogP contribution in [0.2, 0.25) is 0 Å². The number of rotatable bonds is 7. The third-order valence-corrected chi connectivity index (χ3v) is 6.22. The molecule has 0 bridgehead atoms. The summed E-state index contributed by atoms with van der Waals surface area (Å²) in [4.78, 5) is 0. The largest absolute Gasteiger partial charge is 0.392 e. The Morgan fingerprint density at radius 2 is 1.77 bits per heavy atom. The number of ether oxygens (including phenoxy) is 2. The highest BCUT2D eigenvalue weighted by Crippen LogP contribution is 2.39. The van der Waals surface area contributed by atoms with Gasteiger partial charge in [0.25, 0.3) is 0 Å². The molecule has 2 aromatic carbocycles. The lowest BCUT2D eigenvalue weighted by molar-refractivity contribution is -0.245. The minimum absolute atomic E-state index is 0.0238. The van der Waals surface area contributed by atoms with Gasteiger partial charge in [-0.15, -0.1) is 5.10 Å². The molecule has 2 heterocycles. The van der Waals surface area contributed by atoms with Crippen LogP contribution >= 0.6 is 11.8 Å². The number of nitrogens with two attached hydrogens (primary N) is 1. The van der Waals surface area contributed by atoms with Crippen LogP contribution < -0.4 is 5.73 Å². The van der Waals surface area contributed by atoms with Crippen LogP contribution in [0, 0.1) is 0 Å². The Labute approximate surface area is 179 Å². The lowest BCUT2D eigenvalue weighted by Gasteiger charge is -2.36. The van der Waals surface area contributed by atoms with E-state index in [1.165, 1.54) is 0 Å². The van der Waals surface area contributed by atoms with Gasteiger partial charge in [-0.1, -0.05) is 60.3 Å². The highest BCUT2D eigenvalue weighted by Gasteiger charge is 2.32. The Morgan fingerprint density at radius 3 is 2.40 bits per heavy atom. The van der Waals surface area contributed by atoms with Crippen molar-refractivity contribution in [3.8, 4) is 0 Å². The monoisotopic (exact) mass is 427 g/mol. The molecule has 3 N–H and O–H groups in total. The number of aliphatic hydroxyl groups excluding tert-OH is 1. The van der Waals surface area contributed by atoms with Crippen molar-refractivity contribution in [2.75, 3.05) is 5.75 Å². The number of hydrogen-bond acceptors (Lipinski definition) is 8. The molecule has 1 aliphatic rings. The molecule has 0 amide bonds. The third-order valence-electron chi connectivity index (χ3n) is 5.08. The summed E-state index contributed by atoms with van der Waals surface area (Å²) in [6.07, 6.45) is 0.0843. The van der Waals surface area contributed by atoms with Crippen molar-refractivity contribution in [2.24, 2.45) is 12.8 Å². The van der Waals surface area contributed by atoms with Gasteiger partial charge in [-0.25, -0.2) is 4.68 Å². The summed E-state index contributed by atoms with van der Waals surface area (Å²) in [6, 6.07) is 15.9. The maximum Gasteiger partial charge on any atom is 0.209 e. The second-order valence-electron chi connectivity index (χ2n) is 7.19. The summed E-state index contributed by atoms with van der Waals surface area (Å²) < 4.78 is 14.3. The standard InChI is InChI=1S/C21H25N5O3S/c1-26-21(23-24-25-26)30-13-18-10-19(16-6-4-15(12-27)5-7-16)29-20(28-18)17-8-2-14(11-22)3-9-17/h2-9,18-20,27H,10-13,22H2,1H3. The normalized spacial score (nSPS) is 21.6. The van der Waals surface area contributed by atoms with E-state index in [-0.39, 0.29) is 18.8 Å². The molecule has 1 aliphatic heterocycles. The Balaban J connectivity index is 1.53. The minimum Gasteiger partial charge on any atom is -0.392 e. The molecule has 0 saturated carbocycles. The molecule has 158 valence electrons. The molecule has 30 heavy (non-hydrogen) atoms. The zero-order valence-corrected chi connectivity index (χ0v) is 17.5. The van der Waals surface area contributed by atoms with E-state index in [0.29, 0.717) is 18.7 Å². The highest BCUT2D eigenvalue weighted by atomic mass is 32.2. The van der Waals surface area contributed by atoms with Gasteiger partial charge in [0.15, 0.2) is 6.29 Å². The minimum atomic E-state index is -0.476. The molecule has 9 heteroatoms. The summed E-state index contributed by atoms with van der Waals surface area (Å²) in [7, 11) is 1.82. The maximum atomic E-state index is 9.32. The van der Waals surface area contributed by atoms with E-state index in [0.717, 1.165) is 27.4 Å². The highest BCUT2D eigenvalue weighted by molar-refractivity contribution is 7.99. The average Bonchev–Trinajstić information content (AvgIpc) is 3.22.